The molecule has 2 heteroatoms. The topological polar surface area (TPSA) is 38.0 Å². The summed E-state index contributed by atoms with van der Waals surface area (Å²) in [4.78, 5) is 0. The molecule has 0 unspecified atom stereocenters. The zero-order valence-corrected chi connectivity index (χ0v) is 6.19. The van der Waals surface area contributed by atoms with Crippen molar-refractivity contribution < 1.29 is 0 Å². The highest BCUT2D eigenvalue weighted by molar-refractivity contribution is 4.64. The Hall–Kier alpha value is -0.0800. The quantitative estimate of drug-likeness (QED) is 0.514. The highest BCUT2D eigenvalue weighted by Crippen LogP contribution is 1.79. The third kappa shape index (κ3) is 7.92. The van der Waals surface area contributed by atoms with E-state index < -0.39 is 0 Å². The summed E-state index contributed by atoms with van der Waals surface area (Å²) < 4.78 is 0. The second kappa shape index (κ2) is 7.92. The minimum atomic E-state index is 0.791. The van der Waals surface area contributed by atoms with Crippen LogP contribution >= 0.6 is 0 Å². The lowest BCUT2D eigenvalue weighted by atomic mass is 10.3. The van der Waals surface area contributed by atoms with Crippen LogP contribution in [0.2, 0.25) is 0 Å². The van der Waals surface area contributed by atoms with E-state index >= 15 is 0 Å². The number of nitrogens with one attached hydrogen (secondary N) is 1. The molecule has 0 fully saturated rings. The highest BCUT2D eigenvalue weighted by atomic mass is 14.8. The van der Waals surface area contributed by atoms with Crippen LogP contribution in [-0.2, 0) is 0 Å². The van der Waals surface area contributed by atoms with E-state index in [2.05, 4.69) is 18.7 Å². The molecule has 0 aliphatic rings. The van der Waals surface area contributed by atoms with Gasteiger partial charge in [0.25, 0.3) is 0 Å². The minimum Gasteiger partial charge on any atom is -0.330 e. The normalized spacial score (nSPS) is 10.0. The zero-order valence-electron chi connectivity index (χ0n) is 6.19. The van der Waals surface area contributed by atoms with Gasteiger partial charge >= 0.3 is 0 Å². The lowest BCUT2D eigenvalue weighted by Crippen LogP contribution is -2.19. The Bertz CT molecular complexity index is 40.2. The van der Waals surface area contributed by atoms with Gasteiger partial charge in [-0.2, -0.15) is 0 Å². The first-order valence-corrected chi connectivity index (χ1v) is 3.64. The summed E-state index contributed by atoms with van der Waals surface area (Å²) in [7, 11) is 0. The van der Waals surface area contributed by atoms with Gasteiger partial charge < -0.3 is 11.1 Å². The molecule has 9 heavy (non-hydrogen) atoms. The molecule has 0 aliphatic heterocycles. The Balaban J connectivity index is 2.60. The van der Waals surface area contributed by atoms with Gasteiger partial charge in [0.1, 0.15) is 0 Å². The molecule has 3 N–H and O–H groups in total. The fourth-order valence-corrected chi connectivity index (χ4v) is 0.576. The molecule has 1 radical (unpaired) electrons. The largest absolute Gasteiger partial charge is 0.330 e. The average molecular weight is 129 g/mol. The molecular formula is C7H17N2. The van der Waals surface area contributed by atoms with Crippen molar-refractivity contribution >= 4 is 0 Å². The second-order valence-corrected chi connectivity index (χ2v) is 2.04. The fourth-order valence-electron chi connectivity index (χ4n) is 0.576. The Kier molecular flexibility index (Phi) is 7.85. The first-order chi connectivity index (χ1) is 4.41. The van der Waals surface area contributed by atoms with Crippen molar-refractivity contribution in [3.63, 3.8) is 0 Å². The summed E-state index contributed by atoms with van der Waals surface area (Å²) in [6.07, 6.45) is 4.45. The van der Waals surface area contributed by atoms with E-state index in [9.17, 15) is 0 Å². The SMILES string of the molecule is CC[CH]CNCCCN. The summed E-state index contributed by atoms with van der Waals surface area (Å²) in [5.74, 6) is 0. The van der Waals surface area contributed by atoms with Gasteiger partial charge in [-0.1, -0.05) is 13.3 Å². The Morgan fingerprint density at radius 2 is 2.33 bits per heavy atom. The second-order valence-electron chi connectivity index (χ2n) is 2.04. The summed E-state index contributed by atoms with van der Waals surface area (Å²) in [6, 6.07) is 0. The first-order valence-electron chi connectivity index (χ1n) is 3.64. The molecule has 0 aromatic heterocycles. The van der Waals surface area contributed by atoms with Crippen LogP contribution in [-0.4, -0.2) is 19.6 Å². The van der Waals surface area contributed by atoms with Crippen LogP contribution in [0.3, 0.4) is 0 Å². The maximum Gasteiger partial charge on any atom is -0.00175 e. The number of unbranched alkanes of at least 4 members (excludes halogenated alkanes) is 1. The fraction of sp³-hybridized carbons (Fsp3) is 0.857. The summed E-state index contributed by atoms with van der Waals surface area (Å²) in [5.41, 5.74) is 5.29. The van der Waals surface area contributed by atoms with Crippen LogP contribution < -0.4 is 11.1 Å². The van der Waals surface area contributed by atoms with Crippen molar-refractivity contribution in [3.8, 4) is 0 Å². The van der Waals surface area contributed by atoms with Crippen molar-refractivity contribution in [3.05, 3.63) is 6.42 Å². The van der Waals surface area contributed by atoms with Gasteiger partial charge in [-0.25, -0.2) is 0 Å². The average Bonchev–Trinajstić information content (AvgIpc) is 1.89. The lowest BCUT2D eigenvalue weighted by Gasteiger charge is -1.99. The van der Waals surface area contributed by atoms with E-state index in [1.54, 1.807) is 0 Å². The molecule has 0 saturated heterocycles. The minimum absolute atomic E-state index is 0.791. The van der Waals surface area contributed by atoms with Gasteiger partial charge in [0.15, 0.2) is 0 Å². The molecule has 0 rings (SSSR count). The van der Waals surface area contributed by atoms with Gasteiger partial charge in [-0.15, -0.1) is 0 Å². The number of rotatable bonds is 6. The summed E-state index contributed by atoms with van der Waals surface area (Å²) in [5, 5.41) is 3.25. The van der Waals surface area contributed by atoms with Crippen LogP contribution in [0.5, 0.6) is 0 Å². The maximum atomic E-state index is 5.29. The van der Waals surface area contributed by atoms with Crippen molar-refractivity contribution in [2.75, 3.05) is 19.6 Å². The molecule has 0 aromatic carbocycles. The smallest absolute Gasteiger partial charge is 0.00175 e. The number of hydrogen-bond donors (Lipinski definition) is 2. The van der Waals surface area contributed by atoms with E-state index in [-0.39, 0.29) is 0 Å². The molecule has 55 valence electrons. The Morgan fingerprint density at radius 3 is 2.89 bits per heavy atom. The molecule has 0 bridgehead atoms. The van der Waals surface area contributed by atoms with E-state index in [1.165, 1.54) is 0 Å². The van der Waals surface area contributed by atoms with Crippen LogP contribution in [0.1, 0.15) is 19.8 Å². The predicted molar refractivity (Wildman–Crippen MR) is 41.1 cm³/mol. The van der Waals surface area contributed by atoms with Crippen molar-refractivity contribution in [2.45, 2.75) is 19.8 Å². The Labute approximate surface area is 57.8 Å². The zero-order chi connectivity index (χ0) is 6.95. The molecular weight excluding hydrogens is 112 g/mol. The van der Waals surface area contributed by atoms with Crippen molar-refractivity contribution in [1.29, 1.82) is 0 Å². The lowest BCUT2D eigenvalue weighted by molar-refractivity contribution is 0.677. The highest BCUT2D eigenvalue weighted by Gasteiger charge is 1.83. The van der Waals surface area contributed by atoms with Crippen molar-refractivity contribution in [2.24, 2.45) is 5.73 Å². The van der Waals surface area contributed by atoms with E-state index in [4.69, 9.17) is 5.73 Å². The standard InChI is InChI=1S/C7H17N2/c1-2-3-6-9-7-4-5-8/h3,9H,2,4-8H2,1H3. The van der Waals surface area contributed by atoms with Crippen LogP contribution in [0.15, 0.2) is 0 Å². The van der Waals surface area contributed by atoms with Gasteiger partial charge in [0, 0.05) is 0 Å². The predicted octanol–water partition coefficient (Wildman–Crippen LogP) is 0.539. The molecule has 0 amide bonds. The van der Waals surface area contributed by atoms with Gasteiger partial charge in [-0.05, 0) is 32.5 Å². The third-order valence-electron chi connectivity index (χ3n) is 1.14. The van der Waals surface area contributed by atoms with Crippen LogP contribution in [0.25, 0.3) is 0 Å². The maximum absolute atomic E-state index is 5.29. The molecule has 0 aromatic rings. The van der Waals surface area contributed by atoms with E-state index in [0.717, 1.165) is 32.5 Å². The van der Waals surface area contributed by atoms with E-state index in [1.807, 2.05) is 0 Å². The molecule has 0 aliphatic carbocycles. The van der Waals surface area contributed by atoms with Gasteiger partial charge in [0.05, 0.1) is 0 Å². The monoisotopic (exact) mass is 129 g/mol. The van der Waals surface area contributed by atoms with E-state index in [0.29, 0.717) is 0 Å². The number of nitrogens with two attached hydrogens (primary N) is 1. The van der Waals surface area contributed by atoms with Gasteiger partial charge in [-0.3, -0.25) is 0 Å². The summed E-state index contributed by atoms with van der Waals surface area (Å²) in [6.45, 7) is 5.01. The molecule has 2 nitrogen and oxygen atoms in total. The summed E-state index contributed by atoms with van der Waals surface area (Å²) >= 11 is 0. The molecule has 0 heterocycles. The van der Waals surface area contributed by atoms with Crippen LogP contribution in [0, 0.1) is 6.42 Å². The van der Waals surface area contributed by atoms with Crippen LogP contribution in [0.4, 0.5) is 0 Å². The number of hydrogen-bond acceptors (Lipinski definition) is 2. The molecule has 0 atom stereocenters. The van der Waals surface area contributed by atoms with Crippen molar-refractivity contribution in [1.82, 2.24) is 5.32 Å². The van der Waals surface area contributed by atoms with Gasteiger partial charge in [0.2, 0.25) is 0 Å². The molecule has 0 spiro atoms. The first kappa shape index (κ1) is 8.92. The third-order valence-corrected chi connectivity index (χ3v) is 1.14. The molecule has 0 saturated carbocycles. The Morgan fingerprint density at radius 1 is 1.56 bits per heavy atom.